The minimum atomic E-state index is -0.241. The summed E-state index contributed by atoms with van der Waals surface area (Å²) in [5, 5.41) is 0. The molecule has 0 amide bonds. The lowest BCUT2D eigenvalue weighted by molar-refractivity contribution is -0.137. The van der Waals surface area contributed by atoms with Crippen molar-refractivity contribution in [2.75, 3.05) is 45.9 Å². The minimum absolute atomic E-state index is 0.241. The summed E-state index contributed by atoms with van der Waals surface area (Å²) in [7, 11) is 0. The third kappa shape index (κ3) is 4.77. The van der Waals surface area contributed by atoms with Crippen LogP contribution in [0.1, 0.15) is 13.8 Å². The monoisotopic (exact) mass is 226 g/mol. The first-order chi connectivity index (χ1) is 7.76. The van der Waals surface area contributed by atoms with E-state index in [1.807, 2.05) is 13.0 Å². The van der Waals surface area contributed by atoms with Gasteiger partial charge in [0, 0.05) is 38.8 Å². The number of rotatable bonds is 5. The summed E-state index contributed by atoms with van der Waals surface area (Å²) >= 11 is 0. The predicted molar refractivity (Wildman–Crippen MR) is 64.3 cm³/mol. The first kappa shape index (κ1) is 13.2. The molecule has 0 N–H and O–H groups in total. The average molecular weight is 226 g/mol. The van der Waals surface area contributed by atoms with Crippen LogP contribution in [0.3, 0.4) is 0 Å². The topological polar surface area (TPSA) is 32.8 Å². The number of ether oxygens (including phenoxy) is 1. The lowest BCUT2D eigenvalue weighted by Gasteiger charge is -2.33. The maximum Gasteiger partial charge on any atom is 0.330 e. The Morgan fingerprint density at radius 2 is 1.81 bits per heavy atom. The minimum Gasteiger partial charge on any atom is -0.463 e. The molecule has 0 saturated carbocycles. The fourth-order valence-electron chi connectivity index (χ4n) is 1.78. The van der Waals surface area contributed by atoms with E-state index in [2.05, 4.69) is 16.7 Å². The second-order valence-electron chi connectivity index (χ2n) is 3.89. The van der Waals surface area contributed by atoms with Gasteiger partial charge in [-0.25, -0.2) is 4.79 Å². The molecular formula is C12H22N2O2. The fraction of sp³-hybridized carbons (Fsp3) is 0.750. The van der Waals surface area contributed by atoms with Gasteiger partial charge in [0.25, 0.3) is 0 Å². The molecule has 0 aromatic carbocycles. The Kier molecular flexibility index (Phi) is 6.11. The summed E-state index contributed by atoms with van der Waals surface area (Å²) < 4.78 is 4.81. The molecule has 16 heavy (non-hydrogen) atoms. The normalized spacial score (nSPS) is 19.1. The van der Waals surface area contributed by atoms with E-state index >= 15 is 0 Å². The maximum atomic E-state index is 11.0. The van der Waals surface area contributed by atoms with Gasteiger partial charge in [0.1, 0.15) is 0 Å². The van der Waals surface area contributed by atoms with Crippen molar-refractivity contribution in [2.24, 2.45) is 0 Å². The Balaban J connectivity index is 2.17. The van der Waals surface area contributed by atoms with Crippen molar-refractivity contribution < 1.29 is 9.53 Å². The van der Waals surface area contributed by atoms with Gasteiger partial charge in [0.15, 0.2) is 0 Å². The number of esters is 1. The molecule has 1 aliphatic rings. The van der Waals surface area contributed by atoms with Gasteiger partial charge in [-0.05, 0) is 13.5 Å². The largest absolute Gasteiger partial charge is 0.463 e. The lowest BCUT2D eigenvalue weighted by Crippen LogP contribution is -2.46. The van der Waals surface area contributed by atoms with Gasteiger partial charge in [0.2, 0.25) is 0 Å². The van der Waals surface area contributed by atoms with Gasteiger partial charge >= 0.3 is 5.97 Å². The standard InChI is InChI=1S/C12H22N2O2/c1-3-13-8-10-14(11-9-13)7-5-6-12(15)16-4-2/h5-6H,3-4,7-11H2,1-2H3/b6-5+. The van der Waals surface area contributed by atoms with Crippen LogP contribution in [0.5, 0.6) is 0 Å². The summed E-state index contributed by atoms with van der Waals surface area (Å²) in [6.07, 6.45) is 3.41. The number of carbonyl (C=O) groups is 1. The molecule has 0 aliphatic carbocycles. The highest BCUT2D eigenvalue weighted by Gasteiger charge is 2.13. The predicted octanol–water partition coefficient (Wildman–Crippen LogP) is 0.743. The molecule has 1 aliphatic heterocycles. The molecule has 1 fully saturated rings. The van der Waals surface area contributed by atoms with Crippen LogP contribution >= 0.6 is 0 Å². The van der Waals surface area contributed by atoms with E-state index in [4.69, 9.17) is 4.74 Å². The second kappa shape index (κ2) is 7.41. The summed E-state index contributed by atoms with van der Waals surface area (Å²) in [6.45, 7) is 10.8. The molecule has 0 aromatic heterocycles. The number of piperazine rings is 1. The zero-order chi connectivity index (χ0) is 11.8. The molecule has 1 saturated heterocycles. The van der Waals surface area contributed by atoms with E-state index in [1.54, 1.807) is 0 Å². The first-order valence-electron chi connectivity index (χ1n) is 6.04. The Morgan fingerprint density at radius 1 is 1.19 bits per heavy atom. The number of carbonyl (C=O) groups excluding carboxylic acids is 1. The van der Waals surface area contributed by atoms with Crippen LogP contribution in [-0.2, 0) is 9.53 Å². The molecule has 4 heteroatoms. The second-order valence-corrected chi connectivity index (χ2v) is 3.89. The van der Waals surface area contributed by atoms with Gasteiger partial charge in [0.05, 0.1) is 6.61 Å². The summed E-state index contributed by atoms with van der Waals surface area (Å²) in [4.78, 5) is 15.8. The van der Waals surface area contributed by atoms with Crippen molar-refractivity contribution in [3.05, 3.63) is 12.2 Å². The Bertz CT molecular complexity index is 233. The maximum absolute atomic E-state index is 11.0. The zero-order valence-electron chi connectivity index (χ0n) is 10.3. The number of hydrogen-bond acceptors (Lipinski definition) is 4. The van der Waals surface area contributed by atoms with Crippen molar-refractivity contribution in [3.8, 4) is 0 Å². The highest BCUT2D eigenvalue weighted by molar-refractivity contribution is 5.81. The number of hydrogen-bond donors (Lipinski definition) is 0. The number of nitrogens with zero attached hydrogens (tertiary/aromatic N) is 2. The van der Waals surface area contributed by atoms with Crippen LogP contribution in [-0.4, -0.2) is 61.6 Å². The Labute approximate surface area is 97.9 Å². The molecular weight excluding hydrogens is 204 g/mol. The van der Waals surface area contributed by atoms with Crippen molar-refractivity contribution in [2.45, 2.75) is 13.8 Å². The zero-order valence-corrected chi connectivity index (χ0v) is 10.3. The van der Waals surface area contributed by atoms with Gasteiger partial charge < -0.3 is 9.64 Å². The molecule has 4 nitrogen and oxygen atoms in total. The van der Waals surface area contributed by atoms with E-state index in [0.29, 0.717) is 6.61 Å². The lowest BCUT2D eigenvalue weighted by atomic mass is 10.3. The van der Waals surface area contributed by atoms with Crippen molar-refractivity contribution in [1.29, 1.82) is 0 Å². The Morgan fingerprint density at radius 3 is 2.38 bits per heavy atom. The van der Waals surface area contributed by atoms with E-state index in [1.165, 1.54) is 6.08 Å². The van der Waals surface area contributed by atoms with Gasteiger partial charge in [-0.15, -0.1) is 0 Å². The molecule has 0 atom stereocenters. The van der Waals surface area contributed by atoms with Crippen LogP contribution < -0.4 is 0 Å². The molecule has 0 radical (unpaired) electrons. The molecule has 0 unspecified atom stereocenters. The summed E-state index contributed by atoms with van der Waals surface area (Å²) in [5.74, 6) is -0.241. The quantitative estimate of drug-likeness (QED) is 0.511. The van der Waals surface area contributed by atoms with Gasteiger partial charge in [-0.1, -0.05) is 13.0 Å². The highest BCUT2D eigenvalue weighted by atomic mass is 16.5. The average Bonchev–Trinajstić information content (AvgIpc) is 2.30. The molecule has 0 spiro atoms. The molecule has 0 bridgehead atoms. The van der Waals surface area contributed by atoms with Crippen LogP contribution in [0.15, 0.2) is 12.2 Å². The van der Waals surface area contributed by atoms with Crippen LogP contribution in [0.25, 0.3) is 0 Å². The van der Waals surface area contributed by atoms with Crippen molar-refractivity contribution in [3.63, 3.8) is 0 Å². The third-order valence-corrected chi connectivity index (χ3v) is 2.82. The third-order valence-electron chi connectivity index (χ3n) is 2.82. The smallest absolute Gasteiger partial charge is 0.330 e. The highest BCUT2D eigenvalue weighted by Crippen LogP contribution is 2.00. The summed E-state index contributed by atoms with van der Waals surface area (Å²) in [5.41, 5.74) is 0. The SMILES string of the molecule is CCOC(=O)/C=C/CN1CCN(CC)CC1. The van der Waals surface area contributed by atoms with E-state index in [0.717, 1.165) is 39.3 Å². The number of likely N-dealkylation sites (N-methyl/N-ethyl adjacent to an activating group) is 1. The molecule has 0 aromatic rings. The van der Waals surface area contributed by atoms with E-state index in [9.17, 15) is 4.79 Å². The van der Waals surface area contributed by atoms with Gasteiger partial charge in [-0.3, -0.25) is 4.90 Å². The molecule has 92 valence electrons. The molecule has 1 rings (SSSR count). The van der Waals surface area contributed by atoms with Gasteiger partial charge in [-0.2, -0.15) is 0 Å². The van der Waals surface area contributed by atoms with Crippen molar-refractivity contribution >= 4 is 5.97 Å². The van der Waals surface area contributed by atoms with Crippen LogP contribution in [0, 0.1) is 0 Å². The Hall–Kier alpha value is -0.870. The first-order valence-corrected chi connectivity index (χ1v) is 6.04. The van der Waals surface area contributed by atoms with E-state index in [-0.39, 0.29) is 5.97 Å². The van der Waals surface area contributed by atoms with Crippen molar-refractivity contribution in [1.82, 2.24) is 9.80 Å². The molecule has 1 heterocycles. The van der Waals surface area contributed by atoms with Crippen LogP contribution in [0.4, 0.5) is 0 Å². The fourth-order valence-corrected chi connectivity index (χ4v) is 1.78. The van der Waals surface area contributed by atoms with Crippen LogP contribution in [0.2, 0.25) is 0 Å². The van der Waals surface area contributed by atoms with E-state index < -0.39 is 0 Å². The summed E-state index contributed by atoms with van der Waals surface area (Å²) in [6, 6.07) is 0.